The number of aromatic nitrogens is 1. The van der Waals surface area contributed by atoms with Gasteiger partial charge in [0.2, 0.25) is 10.0 Å². The summed E-state index contributed by atoms with van der Waals surface area (Å²) in [7, 11) is -3.74. The molecule has 0 bridgehead atoms. The largest absolute Gasteiger partial charge is 0.477 e. The minimum absolute atomic E-state index is 0.0944. The summed E-state index contributed by atoms with van der Waals surface area (Å²) >= 11 is 0. The molecule has 1 fully saturated rings. The number of rotatable bonds is 6. The van der Waals surface area contributed by atoms with Crippen molar-refractivity contribution in [3.8, 4) is 0 Å². The number of nitrogens with zero attached hydrogens (tertiary/aromatic N) is 1. The average Bonchev–Trinajstić information content (AvgIpc) is 2.96. The first-order valence-electron chi connectivity index (χ1n) is 6.67. The van der Waals surface area contributed by atoms with E-state index in [9.17, 15) is 13.2 Å². The molecule has 8 nitrogen and oxygen atoms in total. The number of aromatic carboxylic acids is 1. The summed E-state index contributed by atoms with van der Waals surface area (Å²) in [5.74, 6) is -1.20. The number of ether oxygens (including phenoxy) is 1. The minimum Gasteiger partial charge on any atom is -0.477 e. The van der Waals surface area contributed by atoms with Gasteiger partial charge in [0.15, 0.2) is 0 Å². The molecule has 1 aromatic rings. The van der Waals surface area contributed by atoms with Gasteiger partial charge in [-0.3, -0.25) is 4.90 Å². The zero-order valence-electron chi connectivity index (χ0n) is 11.7. The molecule has 2 rings (SSSR count). The van der Waals surface area contributed by atoms with E-state index in [1.54, 1.807) is 0 Å². The lowest BCUT2D eigenvalue weighted by Crippen LogP contribution is -2.47. The van der Waals surface area contributed by atoms with E-state index in [-0.39, 0.29) is 23.2 Å². The van der Waals surface area contributed by atoms with E-state index in [0.29, 0.717) is 13.2 Å². The van der Waals surface area contributed by atoms with Gasteiger partial charge in [-0.25, -0.2) is 17.9 Å². The molecule has 0 saturated carbocycles. The molecule has 118 valence electrons. The molecule has 0 spiro atoms. The molecule has 0 amide bonds. The van der Waals surface area contributed by atoms with Crippen LogP contribution in [0.1, 0.15) is 17.4 Å². The fourth-order valence-corrected chi connectivity index (χ4v) is 3.19. The number of H-pyrrole nitrogens is 1. The van der Waals surface area contributed by atoms with Crippen LogP contribution < -0.4 is 4.72 Å². The van der Waals surface area contributed by atoms with Crippen molar-refractivity contribution in [3.63, 3.8) is 0 Å². The Morgan fingerprint density at radius 3 is 3.00 bits per heavy atom. The molecule has 1 saturated heterocycles. The lowest BCUT2D eigenvalue weighted by Gasteiger charge is -2.32. The summed E-state index contributed by atoms with van der Waals surface area (Å²) in [6.45, 7) is 5.19. The third kappa shape index (κ3) is 4.03. The van der Waals surface area contributed by atoms with Crippen LogP contribution in [-0.2, 0) is 14.8 Å². The van der Waals surface area contributed by atoms with Gasteiger partial charge in [0.1, 0.15) is 10.6 Å². The maximum Gasteiger partial charge on any atom is 0.352 e. The van der Waals surface area contributed by atoms with E-state index in [1.165, 1.54) is 0 Å². The molecule has 3 N–H and O–H groups in total. The quantitative estimate of drug-likeness (QED) is 0.665. The second kappa shape index (κ2) is 6.56. The SMILES string of the molecule is CCN1CCOC(CNS(=O)(=O)c2c[nH]c(C(=O)O)c2)C1. The average molecular weight is 317 g/mol. The van der Waals surface area contributed by atoms with Gasteiger partial charge in [0.25, 0.3) is 0 Å². The Balaban J connectivity index is 1.96. The number of likely N-dealkylation sites (N-methyl/N-ethyl adjacent to an activating group) is 1. The van der Waals surface area contributed by atoms with Gasteiger partial charge in [0, 0.05) is 25.8 Å². The van der Waals surface area contributed by atoms with E-state index >= 15 is 0 Å². The third-order valence-electron chi connectivity index (χ3n) is 3.37. The first-order valence-corrected chi connectivity index (χ1v) is 8.16. The Bertz CT molecular complexity index is 598. The maximum atomic E-state index is 12.1. The standard InChI is InChI=1S/C12H19N3O5S/c1-2-15-3-4-20-9(8-15)6-14-21(18,19)10-5-11(12(16)17)13-7-10/h5,7,9,13-14H,2-4,6,8H2,1H3,(H,16,17). The Kier molecular flexibility index (Phi) is 4.99. The lowest BCUT2D eigenvalue weighted by molar-refractivity contribution is -0.0229. The smallest absolute Gasteiger partial charge is 0.352 e. The highest BCUT2D eigenvalue weighted by Crippen LogP contribution is 2.11. The number of carboxylic acid groups (broad SMARTS) is 1. The van der Waals surface area contributed by atoms with Crippen LogP contribution in [0.25, 0.3) is 0 Å². The van der Waals surface area contributed by atoms with Crippen LogP contribution in [0.2, 0.25) is 0 Å². The number of nitrogens with one attached hydrogen (secondary N) is 2. The van der Waals surface area contributed by atoms with Gasteiger partial charge in [-0.2, -0.15) is 0 Å². The Morgan fingerprint density at radius 2 is 2.38 bits per heavy atom. The normalized spacial score (nSPS) is 20.5. The van der Waals surface area contributed by atoms with Crippen molar-refractivity contribution in [2.75, 3.05) is 32.8 Å². The van der Waals surface area contributed by atoms with Crippen molar-refractivity contribution in [2.45, 2.75) is 17.9 Å². The summed E-state index contributed by atoms with van der Waals surface area (Å²) in [6.07, 6.45) is 0.956. The molecular formula is C12H19N3O5S. The summed E-state index contributed by atoms with van der Waals surface area (Å²) < 4.78 is 32.1. The monoisotopic (exact) mass is 317 g/mol. The highest BCUT2D eigenvalue weighted by Gasteiger charge is 2.23. The predicted octanol–water partition coefficient (Wildman–Crippen LogP) is -0.288. The molecule has 2 heterocycles. The van der Waals surface area contributed by atoms with Gasteiger partial charge in [-0.15, -0.1) is 0 Å². The molecular weight excluding hydrogens is 298 g/mol. The van der Waals surface area contributed by atoms with Crippen molar-refractivity contribution in [2.24, 2.45) is 0 Å². The molecule has 1 aliphatic heterocycles. The number of sulfonamides is 1. The molecule has 1 aromatic heterocycles. The van der Waals surface area contributed by atoms with Crippen LogP contribution in [0.15, 0.2) is 17.2 Å². The topological polar surface area (TPSA) is 112 Å². The van der Waals surface area contributed by atoms with Crippen molar-refractivity contribution in [1.82, 2.24) is 14.6 Å². The van der Waals surface area contributed by atoms with Crippen LogP contribution in [0.3, 0.4) is 0 Å². The van der Waals surface area contributed by atoms with E-state index in [4.69, 9.17) is 9.84 Å². The fraction of sp³-hybridized carbons (Fsp3) is 0.583. The number of aromatic amines is 1. The summed E-state index contributed by atoms with van der Waals surface area (Å²) in [5, 5.41) is 8.78. The van der Waals surface area contributed by atoms with Crippen LogP contribution in [0.5, 0.6) is 0 Å². The molecule has 1 aliphatic rings. The van der Waals surface area contributed by atoms with Gasteiger partial charge >= 0.3 is 5.97 Å². The molecule has 1 unspecified atom stereocenters. The van der Waals surface area contributed by atoms with Gasteiger partial charge in [0.05, 0.1) is 12.7 Å². The maximum absolute atomic E-state index is 12.1. The second-order valence-electron chi connectivity index (χ2n) is 4.79. The number of carboxylic acids is 1. The van der Waals surface area contributed by atoms with Crippen molar-refractivity contribution >= 4 is 16.0 Å². The minimum atomic E-state index is -3.74. The third-order valence-corrected chi connectivity index (χ3v) is 4.77. The van der Waals surface area contributed by atoms with E-state index < -0.39 is 16.0 Å². The molecule has 1 atom stereocenters. The van der Waals surface area contributed by atoms with Gasteiger partial charge in [-0.1, -0.05) is 6.92 Å². The Hall–Kier alpha value is -1.42. The predicted molar refractivity (Wildman–Crippen MR) is 74.8 cm³/mol. The molecule has 0 radical (unpaired) electrons. The van der Waals surface area contributed by atoms with Crippen molar-refractivity contribution < 1.29 is 23.1 Å². The van der Waals surface area contributed by atoms with Crippen LogP contribution in [0, 0.1) is 0 Å². The summed E-state index contributed by atoms with van der Waals surface area (Å²) in [6, 6.07) is 1.09. The zero-order valence-corrected chi connectivity index (χ0v) is 12.5. The second-order valence-corrected chi connectivity index (χ2v) is 6.56. The number of carbonyl (C=O) groups is 1. The van der Waals surface area contributed by atoms with Crippen molar-refractivity contribution in [3.05, 3.63) is 18.0 Å². The van der Waals surface area contributed by atoms with Crippen LogP contribution >= 0.6 is 0 Å². The summed E-state index contributed by atoms with van der Waals surface area (Å²) in [4.78, 5) is 15.2. The number of hydrogen-bond acceptors (Lipinski definition) is 5. The van der Waals surface area contributed by atoms with E-state index in [2.05, 4.69) is 14.6 Å². The van der Waals surface area contributed by atoms with Crippen LogP contribution in [0.4, 0.5) is 0 Å². The highest BCUT2D eigenvalue weighted by molar-refractivity contribution is 7.89. The first-order chi connectivity index (χ1) is 9.92. The molecule has 21 heavy (non-hydrogen) atoms. The molecule has 0 aromatic carbocycles. The molecule has 9 heteroatoms. The Labute approximate surface area is 123 Å². The zero-order chi connectivity index (χ0) is 15.5. The van der Waals surface area contributed by atoms with Crippen molar-refractivity contribution in [1.29, 1.82) is 0 Å². The number of morpholine rings is 1. The molecule has 0 aliphatic carbocycles. The Morgan fingerprint density at radius 1 is 1.62 bits per heavy atom. The lowest BCUT2D eigenvalue weighted by atomic mass is 10.3. The van der Waals surface area contributed by atoms with Crippen LogP contribution in [-0.4, -0.2) is 68.3 Å². The highest BCUT2D eigenvalue weighted by atomic mass is 32.2. The fourth-order valence-electron chi connectivity index (χ4n) is 2.13. The summed E-state index contributed by atoms with van der Waals surface area (Å²) in [5.41, 5.74) is -0.165. The first kappa shape index (κ1) is 16.0. The van der Waals surface area contributed by atoms with Gasteiger partial charge in [-0.05, 0) is 12.6 Å². The van der Waals surface area contributed by atoms with Gasteiger partial charge < -0.3 is 14.8 Å². The number of hydrogen-bond donors (Lipinski definition) is 3. The van der Waals surface area contributed by atoms with E-state index in [1.807, 2.05) is 6.92 Å². The van der Waals surface area contributed by atoms with E-state index in [0.717, 1.165) is 25.4 Å².